The summed E-state index contributed by atoms with van der Waals surface area (Å²) in [5.74, 6) is -1.04. The smallest absolute Gasteiger partial charge is 0.345 e. The van der Waals surface area contributed by atoms with E-state index >= 15 is 0 Å². The molecule has 72 valence electrons. The summed E-state index contributed by atoms with van der Waals surface area (Å²) in [5.41, 5.74) is 0.255. The average Bonchev–Trinajstić information content (AvgIpc) is 2.55. The molecule has 0 atom stereocenters. The molecule has 2 rings (SSSR count). The van der Waals surface area contributed by atoms with Crippen LogP contribution in [0.5, 0.6) is 5.88 Å². The Hall–Kier alpha value is -2.11. The normalized spacial score (nSPS) is 10.4. The molecule has 0 aliphatic heterocycles. The summed E-state index contributed by atoms with van der Waals surface area (Å²) in [6, 6.07) is 1.66. The van der Waals surface area contributed by atoms with Crippen LogP contribution in [0.25, 0.3) is 5.65 Å². The van der Waals surface area contributed by atoms with Crippen LogP contribution < -0.4 is 4.74 Å². The number of aromatic nitrogens is 3. The van der Waals surface area contributed by atoms with E-state index in [1.165, 1.54) is 17.8 Å². The third-order valence-electron chi connectivity index (χ3n) is 1.77. The number of carboxylic acids is 1. The topological polar surface area (TPSA) is 76.7 Å². The zero-order valence-electron chi connectivity index (χ0n) is 7.34. The Kier molecular flexibility index (Phi) is 1.81. The molecule has 0 spiro atoms. The molecule has 0 amide bonds. The Morgan fingerprint density at radius 3 is 3.07 bits per heavy atom. The Morgan fingerprint density at radius 1 is 1.64 bits per heavy atom. The number of ether oxygens (including phenoxy) is 1. The Balaban J connectivity index is 2.81. The van der Waals surface area contributed by atoms with Crippen molar-refractivity contribution in [2.24, 2.45) is 0 Å². The summed E-state index contributed by atoms with van der Waals surface area (Å²) in [6.45, 7) is 0. The first kappa shape index (κ1) is 8.49. The van der Waals surface area contributed by atoms with Crippen molar-refractivity contribution < 1.29 is 14.6 Å². The third kappa shape index (κ3) is 1.08. The van der Waals surface area contributed by atoms with E-state index in [9.17, 15) is 4.79 Å². The van der Waals surface area contributed by atoms with Gasteiger partial charge in [0.25, 0.3) is 0 Å². The van der Waals surface area contributed by atoms with Crippen molar-refractivity contribution in [2.45, 2.75) is 0 Å². The van der Waals surface area contributed by atoms with Gasteiger partial charge in [0.1, 0.15) is 0 Å². The summed E-state index contributed by atoms with van der Waals surface area (Å²) in [7, 11) is 1.37. The van der Waals surface area contributed by atoms with E-state index in [2.05, 4.69) is 10.1 Å². The summed E-state index contributed by atoms with van der Waals surface area (Å²) < 4.78 is 6.20. The Labute approximate surface area is 78.8 Å². The van der Waals surface area contributed by atoms with E-state index in [1.54, 1.807) is 12.3 Å². The molecule has 0 bridgehead atoms. The SMILES string of the molecule is COc1nn2cccnc2c1C(=O)O. The summed E-state index contributed by atoms with van der Waals surface area (Å²) >= 11 is 0. The summed E-state index contributed by atoms with van der Waals surface area (Å²) in [6.07, 6.45) is 3.11. The van der Waals surface area contributed by atoms with Crippen molar-refractivity contribution in [3.63, 3.8) is 0 Å². The van der Waals surface area contributed by atoms with Crippen LogP contribution in [0.2, 0.25) is 0 Å². The molecule has 2 aromatic heterocycles. The number of fused-ring (bicyclic) bond motifs is 1. The molecule has 6 nitrogen and oxygen atoms in total. The van der Waals surface area contributed by atoms with Gasteiger partial charge in [-0.3, -0.25) is 0 Å². The lowest BCUT2D eigenvalue weighted by Crippen LogP contribution is -1.99. The standard InChI is InChI=1S/C8H7N3O3/c1-14-7-5(8(12)13)6-9-3-2-4-11(6)10-7/h2-4H,1H3,(H,12,13). The number of aromatic carboxylic acids is 1. The first-order chi connectivity index (χ1) is 6.74. The quantitative estimate of drug-likeness (QED) is 0.748. The van der Waals surface area contributed by atoms with E-state index in [-0.39, 0.29) is 17.1 Å². The maximum Gasteiger partial charge on any atom is 0.345 e. The lowest BCUT2D eigenvalue weighted by atomic mass is 10.3. The first-order valence-electron chi connectivity index (χ1n) is 3.84. The minimum atomic E-state index is -1.10. The van der Waals surface area contributed by atoms with Gasteiger partial charge in [-0.1, -0.05) is 0 Å². The number of carbonyl (C=O) groups is 1. The van der Waals surface area contributed by atoms with Gasteiger partial charge in [0.05, 0.1) is 7.11 Å². The lowest BCUT2D eigenvalue weighted by Gasteiger charge is -1.93. The summed E-state index contributed by atoms with van der Waals surface area (Å²) in [4.78, 5) is 14.8. The largest absolute Gasteiger partial charge is 0.479 e. The average molecular weight is 193 g/mol. The zero-order valence-corrected chi connectivity index (χ0v) is 7.34. The highest BCUT2D eigenvalue weighted by atomic mass is 16.5. The van der Waals surface area contributed by atoms with Crippen LogP contribution in [0, 0.1) is 0 Å². The van der Waals surface area contributed by atoms with Crippen LogP contribution in [-0.2, 0) is 0 Å². The molecule has 0 saturated carbocycles. The van der Waals surface area contributed by atoms with Gasteiger partial charge < -0.3 is 9.84 Å². The minimum Gasteiger partial charge on any atom is -0.479 e. The van der Waals surface area contributed by atoms with Gasteiger partial charge in [0, 0.05) is 12.4 Å². The van der Waals surface area contributed by atoms with Gasteiger partial charge in [-0.15, -0.1) is 5.10 Å². The minimum absolute atomic E-state index is 0.0203. The highest BCUT2D eigenvalue weighted by molar-refractivity contribution is 5.97. The molecule has 2 heterocycles. The second-order valence-electron chi connectivity index (χ2n) is 2.58. The molecule has 0 unspecified atom stereocenters. The van der Waals surface area contributed by atoms with E-state index < -0.39 is 5.97 Å². The van der Waals surface area contributed by atoms with Crippen molar-refractivity contribution >= 4 is 11.6 Å². The van der Waals surface area contributed by atoms with Crippen LogP contribution in [-0.4, -0.2) is 32.8 Å². The second-order valence-corrected chi connectivity index (χ2v) is 2.58. The third-order valence-corrected chi connectivity index (χ3v) is 1.77. The van der Waals surface area contributed by atoms with Crippen molar-refractivity contribution in [3.05, 3.63) is 24.0 Å². The van der Waals surface area contributed by atoms with Crippen LogP contribution >= 0.6 is 0 Å². The van der Waals surface area contributed by atoms with Gasteiger partial charge in [0.15, 0.2) is 11.2 Å². The van der Waals surface area contributed by atoms with Crippen molar-refractivity contribution in [3.8, 4) is 5.88 Å². The molecule has 2 aromatic rings. The highest BCUT2D eigenvalue weighted by Gasteiger charge is 2.20. The maximum atomic E-state index is 10.9. The van der Waals surface area contributed by atoms with Crippen molar-refractivity contribution in [2.75, 3.05) is 7.11 Å². The maximum absolute atomic E-state index is 10.9. The molecule has 1 N–H and O–H groups in total. The first-order valence-corrected chi connectivity index (χ1v) is 3.84. The molecular formula is C8H7N3O3. The molecule has 6 heteroatoms. The van der Waals surface area contributed by atoms with E-state index in [4.69, 9.17) is 9.84 Å². The van der Waals surface area contributed by atoms with E-state index in [1.807, 2.05) is 0 Å². The highest BCUT2D eigenvalue weighted by Crippen LogP contribution is 2.19. The van der Waals surface area contributed by atoms with Crippen LogP contribution in [0.4, 0.5) is 0 Å². The molecule has 0 fully saturated rings. The van der Waals surface area contributed by atoms with Crippen molar-refractivity contribution in [1.82, 2.24) is 14.6 Å². The molecular weight excluding hydrogens is 186 g/mol. The fraction of sp³-hybridized carbons (Fsp3) is 0.125. The van der Waals surface area contributed by atoms with E-state index in [0.717, 1.165) is 0 Å². The van der Waals surface area contributed by atoms with E-state index in [0.29, 0.717) is 0 Å². The van der Waals surface area contributed by atoms with Gasteiger partial charge in [-0.25, -0.2) is 14.3 Å². The molecule has 14 heavy (non-hydrogen) atoms. The van der Waals surface area contributed by atoms with Crippen LogP contribution in [0.1, 0.15) is 10.4 Å². The van der Waals surface area contributed by atoms with Gasteiger partial charge in [0.2, 0.25) is 5.88 Å². The Morgan fingerprint density at radius 2 is 2.43 bits per heavy atom. The molecule has 0 radical (unpaired) electrons. The monoisotopic (exact) mass is 193 g/mol. The molecule has 0 aromatic carbocycles. The van der Waals surface area contributed by atoms with Crippen LogP contribution in [0.15, 0.2) is 18.5 Å². The lowest BCUT2D eigenvalue weighted by molar-refractivity contribution is 0.0695. The fourth-order valence-corrected chi connectivity index (χ4v) is 1.20. The molecule has 0 aliphatic carbocycles. The number of carboxylic acid groups (broad SMARTS) is 1. The fourth-order valence-electron chi connectivity index (χ4n) is 1.20. The van der Waals surface area contributed by atoms with Gasteiger partial charge in [-0.2, -0.15) is 0 Å². The van der Waals surface area contributed by atoms with Crippen molar-refractivity contribution in [1.29, 1.82) is 0 Å². The Bertz CT molecular complexity index is 492. The number of nitrogens with zero attached hydrogens (tertiary/aromatic N) is 3. The molecule has 0 saturated heterocycles. The zero-order chi connectivity index (χ0) is 10.1. The number of hydrogen-bond acceptors (Lipinski definition) is 4. The predicted molar refractivity (Wildman–Crippen MR) is 46.5 cm³/mol. The molecule has 0 aliphatic rings. The number of rotatable bonds is 2. The number of methoxy groups -OCH3 is 1. The second kappa shape index (κ2) is 2.99. The number of hydrogen-bond donors (Lipinski definition) is 1. The van der Waals surface area contributed by atoms with Gasteiger partial charge >= 0.3 is 5.97 Å². The predicted octanol–water partition coefficient (Wildman–Crippen LogP) is 0.436. The summed E-state index contributed by atoms with van der Waals surface area (Å²) in [5, 5.41) is 12.8. The van der Waals surface area contributed by atoms with Crippen LogP contribution in [0.3, 0.4) is 0 Å². The van der Waals surface area contributed by atoms with Gasteiger partial charge in [-0.05, 0) is 6.07 Å².